The average Bonchev–Trinajstić information content (AvgIpc) is 3.40. The molecular weight excluding hydrogens is 452 g/mol. The summed E-state index contributed by atoms with van der Waals surface area (Å²) in [5.74, 6) is 0.303. The molecule has 34 heavy (non-hydrogen) atoms. The van der Waals surface area contributed by atoms with Crippen molar-refractivity contribution in [2.45, 2.75) is 51.5 Å². The predicted octanol–water partition coefficient (Wildman–Crippen LogP) is 4.09. The molecule has 3 N–H and O–H groups in total. The Balaban J connectivity index is 1.50. The smallest absolute Gasteiger partial charge is 0.354 e. The molecule has 178 valence electrons. The highest BCUT2D eigenvalue weighted by atomic mass is 32.2. The van der Waals surface area contributed by atoms with Gasteiger partial charge in [0.15, 0.2) is 9.92 Å². The maximum Gasteiger partial charge on any atom is 0.354 e. The van der Waals surface area contributed by atoms with Crippen LogP contribution >= 0.6 is 0 Å². The van der Waals surface area contributed by atoms with Crippen molar-refractivity contribution in [3.63, 3.8) is 0 Å². The van der Waals surface area contributed by atoms with Gasteiger partial charge in [0, 0.05) is 22.9 Å². The number of aryl methyl sites for hydroxylation is 2. The zero-order valence-electron chi connectivity index (χ0n) is 19.5. The van der Waals surface area contributed by atoms with Gasteiger partial charge in [-0.3, -0.25) is 4.98 Å². The van der Waals surface area contributed by atoms with Gasteiger partial charge in [0.25, 0.3) is 0 Å². The molecule has 3 heterocycles. The van der Waals surface area contributed by atoms with Crippen LogP contribution in [-0.2, 0) is 29.3 Å². The van der Waals surface area contributed by atoms with Gasteiger partial charge >= 0.3 is 6.03 Å². The van der Waals surface area contributed by atoms with Crippen LogP contribution in [0.5, 0.6) is 5.88 Å². The lowest BCUT2D eigenvalue weighted by molar-refractivity contribution is 0.0972. The van der Waals surface area contributed by atoms with Crippen LogP contribution in [0.25, 0.3) is 11.1 Å². The number of pyridine rings is 1. The van der Waals surface area contributed by atoms with Crippen LogP contribution in [0.2, 0.25) is 0 Å². The third-order valence-electron chi connectivity index (χ3n) is 6.19. The van der Waals surface area contributed by atoms with Gasteiger partial charge < -0.3 is 10.1 Å². The summed E-state index contributed by atoms with van der Waals surface area (Å²) in [7, 11) is -3.57. The lowest BCUT2D eigenvalue weighted by Gasteiger charge is -2.30. The number of carbonyl (C=O) groups is 1. The van der Waals surface area contributed by atoms with E-state index in [0.29, 0.717) is 24.7 Å². The Kier molecular flexibility index (Phi) is 5.44. The molecule has 0 radical (unpaired) electrons. The van der Waals surface area contributed by atoms with Crippen molar-refractivity contribution in [2.75, 3.05) is 11.9 Å². The first-order chi connectivity index (χ1) is 16.1. The summed E-state index contributed by atoms with van der Waals surface area (Å²) < 4.78 is 24.6. The van der Waals surface area contributed by atoms with E-state index in [1.807, 2.05) is 25.1 Å². The summed E-state index contributed by atoms with van der Waals surface area (Å²) in [6, 6.07) is 7.20. The molecule has 0 bridgehead atoms. The number of anilines is 1. The minimum Gasteiger partial charge on any atom is -0.476 e. The van der Waals surface area contributed by atoms with Gasteiger partial charge in [-0.15, -0.1) is 4.36 Å². The molecule has 0 fully saturated rings. The van der Waals surface area contributed by atoms with E-state index in [-0.39, 0.29) is 10.3 Å². The van der Waals surface area contributed by atoms with E-state index < -0.39 is 15.9 Å². The van der Waals surface area contributed by atoms with Crippen LogP contribution < -0.4 is 15.2 Å². The summed E-state index contributed by atoms with van der Waals surface area (Å²) in [6.07, 6.45) is 5.93. The third kappa shape index (κ3) is 4.19. The SMILES string of the molecule is Cc1cc(-c2ccc3c(c2NC(=O)N=S(N)(=O)c2cnn4c2OCC(C)(C)C4)CCC3)ccn1. The Morgan fingerprint density at radius 2 is 2.12 bits per heavy atom. The number of nitrogens with one attached hydrogen (secondary N) is 1. The lowest BCUT2D eigenvalue weighted by Crippen LogP contribution is -2.33. The van der Waals surface area contributed by atoms with Crippen LogP contribution in [-0.4, -0.2) is 31.6 Å². The molecule has 1 aromatic carbocycles. The van der Waals surface area contributed by atoms with Gasteiger partial charge in [0.05, 0.1) is 25.0 Å². The Morgan fingerprint density at radius 1 is 1.29 bits per heavy atom. The van der Waals surface area contributed by atoms with Crippen LogP contribution in [0.3, 0.4) is 0 Å². The van der Waals surface area contributed by atoms with Crippen molar-refractivity contribution in [3.05, 3.63) is 53.5 Å². The largest absolute Gasteiger partial charge is 0.476 e. The fourth-order valence-electron chi connectivity index (χ4n) is 4.60. The molecule has 1 atom stereocenters. The Labute approximate surface area is 199 Å². The normalized spacial score (nSPS) is 17.8. The minimum atomic E-state index is -3.57. The second kappa shape index (κ2) is 8.21. The van der Waals surface area contributed by atoms with Crippen molar-refractivity contribution in [3.8, 4) is 17.0 Å². The number of benzene rings is 1. The summed E-state index contributed by atoms with van der Waals surface area (Å²) in [6.45, 7) is 7.04. The van der Waals surface area contributed by atoms with Crippen molar-refractivity contribution in [2.24, 2.45) is 14.9 Å². The quantitative estimate of drug-likeness (QED) is 0.584. The summed E-state index contributed by atoms with van der Waals surface area (Å²) in [5, 5.41) is 13.2. The van der Waals surface area contributed by atoms with E-state index in [2.05, 4.69) is 39.7 Å². The van der Waals surface area contributed by atoms with Gasteiger partial charge in [0.1, 0.15) is 4.90 Å². The summed E-state index contributed by atoms with van der Waals surface area (Å²) in [5.41, 5.74) is 5.51. The number of amides is 2. The molecule has 3 aromatic rings. The Hall–Kier alpha value is -3.24. The molecule has 5 rings (SSSR count). The number of hydrogen-bond donors (Lipinski definition) is 2. The summed E-state index contributed by atoms with van der Waals surface area (Å²) >= 11 is 0. The average molecular weight is 481 g/mol. The molecule has 1 aliphatic heterocycles. The van der Waals surface area contributed by atoms with E-state index in [4.69, 9.17) is 9.88 Å². The first-order valence-corrected chi connectivity index (χ1v) is 12.8. The molecule has 0 spiro atoms. The zero-order chi connectivity index (χ0) is 24.1. The van der Waals surface area contributed by atoms with E-state index >= 15 is 0 Å². The molecule has 10 heteroatoms. The van der Waals surface area contributed by atoms with E-state index in [0.717, 1.165) is 41.6 Å². The van der Waals surface area contributed by atoms with Gasteiger partial charge in [-0.25, -0.2) is 18.8 Å². The topological polar surface area (TPSA) is 124 Å². The van der Waals surface area contributed by atoms with Crippen molar-refractivity contribution >= 4 is 21.6 Å². The highest BCUT2D eigenvalue weighted by molar-refractivity contribution is 7.91. The number of ether oxygens (including phenoxy) is 1. The van der Waals surface area contributed by atoms with Gasteiger partial charge in [-0.05, 0) is 55.0 Å². The first-order valence-electron chi connectivity index (χ1n) is 11.3. The summed E-state index contributed by atoms with van der Waals surface area (Å²) in [4.78, 5) is 17.4. The van der Waals surface area contributed by atoms with Gasteiger partial charge in [-0.2, -0.15) is 5.10 Å². The van der Waals surface area contributed by atoms with Crippen molar-refractivity contribution in [1.82, 2.24) is 14.8 Å². The standard InChI is InChI=1S/C24H28N6O3S/c1-15-11-17(9-10-26-15)19-8-7-16-5-4-6-18(16)21(19)28-23(31)29-34(25,32)20-12-27-30-13-24(2,3)14-33-22(20)30/h7-12H,4-6,13-14H2,1-3H3,(H3,25,28,29,31,32). The number of fused-ring (bicyclic) bond motifs is 2. The monoisotopic (exact) mass is 480 g/mol. The molecule has 2 amide bonds. The third-order valence-corrected chi connectivity index (χ3v) is 7.54. The highest BCUT2D eigenvalue weighted by Gasteiger charge is 2.32. The van der Waals surface area contributed by atoms with Crippen molar-refractivity contribution in [1.29, 1.82) is 0 Å². The molecule has 1 unspecified atom stereocenters. The van der Waals surface area contributed by atoms with E-state index in [9.17, 15) is 9.00 Å². The maximum atomic E-state index is 13.3. The number of nitrogens with zero attached hydrogens (tertiary/aromatic N) is 4. The van der Waals surface area contributed by atoms with Crippen LogP contribution in [0.15, 0.2) is 45.9 Å². The molecule has 2 aromatic heterocycles. The predicted molar refractivity (Wildman–Crippen MR) is 130 cm³/mol. The zero-order valence-corrected chi connectivity index (χ0v) is 20.3. The lowest BCUT2D eigenvalue weighted by atomic mass is 9.94. The molecule has 1 aliphatic carbocycles. The molecule has 2 aliphatic rings. The van der Waals surface area contributed by atoms with Crippen LogP contribution in [0, 0.1) is 12.3 Å². The van der Waals surface area contributed by atoms with Gasteiger partial charge in [0.2, 0.25) is 5.88 Å². The minimum absolute atomic E-state index is 0.115. The number of aromatic nitrogens is 3. The van der Waals surface area contributed by atoms with E-state index in [1.54, 1.807) is 10.9 Å². The van der Waals surface area contributed by atoms with Crippen molar-refractivity contribution < 1.29 is 13.7 Å². The number of carbonyl (C=O) groups excluding carboxylic acids is 1. The molecule has 0 saturated carbocycles. The number of hydrogen-bond acceptors (Lipinski definition) is 5. The number of urea groups is 1. The van der Waals surface area contributed by atoms with Crippen LogP contribution in [0.4, 0.5) is 10.5 Å². The van der Waals surface area contributed by atoms with Gasteiger partial charge in [-0.1, -0.05) is 26.0 Å². The second-order valence-electron chi connectivity index (χ2n) is 9.68. The molecular formula is C24H28N6O3S. The van der Waals surface area contributed by atoms with E-state index in [1.165, 1.54) is 11.8 Å². The highest BCUT2D eigenvalue weighted by Crippen LogP contribution is 2.38. The molecule has 9 nitrogen and oxygen atoms in total. The Morgan fingerprint density at radius 3 is 2.91 bits per heavy atom. The number of nitrogens with two attached hydrogens (primary N) is 1. The second-order valence-corrected chi connectivity index (χ2v) is 11.4. The molecule has 0 saturated heterocycles. The first kappa shape index (κ1) is 22.5. The fourth-order valence-corrected chi connectivity index (χ4v) is 5.60. The maximum absolute atomic E-state index is 13.3. The number of rotatable bonds is 3. The fraction of sp³-hybridized carbons (Fsp3) is 0.375. The Bertz CT molecular complexity index is 1420. The van der Waals surface area contributed by atoms with Crippen LogP contribution in [0.1, 0.15) is 37.1 Å².